The molecule has 9 nitrogen and oxygen atoms in total. The number of carbonyl (C=O) groups is 2. The Kier molecular flexibility index (Phi) is 10.1. The predicted molar refractivity (Wildman–Crippen MR) is 184 cm³/mol. The van der Waals surface area contributed by atoms with E-state index in [4.69, 9.17) is 9.47 Å². The number of benzene rings is 4. The summed E-state index contributed by atoms with van der Waals surface area (Å²) in [6.45, 7) is 3.44. The van der Waals surface area contributed by atoms with Crippen molar-refractivity contribution in [1.29, 1.82) is 0 Å². The fraction of sp³-hybridized carbons (Fsp3) is 0.263. The molecular weight excluding hydrogens is 685 g/mol. The monoisotopic (exact) mass is 720 g/mol. The summed E-state index contributed by atoms with van der Waals surface area (Å²) in [4.78, 5) is 32.5. The highest BCUT2D eigenvalue weighted by atomic mass is 32.2. The molecule has 0 aromatic heterocycles. The van der Waals surface area contributed by atoms with Gasteiger partial charge in [0.1, 0.15) is 0 Å². The minimum Gasteiger partial charge on any atom is -0.374 e. The van der Waals surface area contributed by atoms with Crippen molar-refractivity contribution in [2.75, 3.05) is 9.80 Å². The van der Waals surface area contributed by atoms with E-state index in [2.05, 4.69) is 4.18 Å². The number of hydrogen-bond donors (Lipinski definition) is 0. The fourth-order valence-electron chi connectivity index (χ4n) is 6.26. The van der Waals surface area contributed by atoms with Gasteiger partial charge in [0.15, 0.2) is 11.5 Å². The Morgan fingerprint density at radius 2 is 1.14 bits per heavy atom. The van der Waals surface area contributed by atoms with Crippen molar-refractivity contribution in [2.24, 2.45) is 0 Å². The van der Waals surface area contributed by atoms with Crippen LogP contribution >= 0.6 is 0 Å². The van der Waals surface area contributed by atoms with Crippen molar-refractivity contribution in [3.8, 4) is 5.75 Å². The molecule has 2 amide bonds. The summed E-state index contributed by atoms with van der Waals surface area (Å²) in [5.41, 5.74) is -3.77. The van der Waals surface area contributed by atoms with Crippen molar-refractivity contribution in [1.82, 2.24) is 0 Å². The van der Waals surface area contributed by atoms with Crippen LogP contribution in [0, 0.1) is 0 Å². The van der Waals surface area contributed by atoms with Gasteiger partial charge < -0.3 is 23.5 Å². The molecule has 0 unspecified atom stereocenters. The summed E-state index contributed by atoms with van der Waals surface area (Å²) in [6, 6.07) is 32.0. The normalized spacial score (nSPS) is 18.5. The number of alkyl halides is 3. The Bertz CT molecular complexity index is 2020. The van der Waals surface area contributed by atoms with Crippen LogP contribution in [0.5, 0.6) is 5.75 Å². The van der Waals surface area contributed by atoms with Crippen LogP contribution < -0.4 is 14.0 Å². The van der Waals surface area contributed by atoms with Crippen molar-refractivity contribution >= 4 is 33.3 Å². The molecule has 0 radical (unpaired) electrons. The molecule has 4 aromatic carbocycles. The van der Waals surface area contributed by atoms with Crippen LogP contribution in [0.3, 0.4) is 0 Å². The lowest BCUT2D eigenvalue weighted by molar-refractivity contribution is -0.145. The van der Waals surface area contributed by atoms with E-state index < -0.39 is 51.2 Å². The van der Waals surface area contributed by atoms with E-state index >= 15 is 0 Å². The number of para-hydroxylation sites is 3. The van der Waals surface area contributed by atoms with E-state index in [1.54, 1.807) is 73.3 Å². The second kappa shape index (κ2) is 14.3. The quantitative estimate of drug-likeness (QED) is 0.125. The molecule has 2 atom stereocenters. The zero-order chi connectivity index (χ0) is 36.4. The van der Waals surface area contributed by atoms with Crippen LogP contribution in [0.1, 0.15) is 37.8 Å². The molecule has 0 bridgehead atoms. The first-order valence-corrected chi connectivity index (χ1v) is 17.6. The molecule has 0 saturated carbocycles. The Balaban J connectivity index is 1.49. The number of anilines is 2. The molecule has 2 aliphatic rings. The lowest BCUT2D eigenvalue weighted by Crippen LogP contribution is -2.42. The largest absolute Gasteiger partial charge is 0.534 e. The van der Waals surface area contributed by atoms with Gasteiger partial charge in [-0.05, 0) is 49.2 Å². The van der Waals surface area contributed by atoms with Crippen LogP contribution in [0.4, 0.5) is 24.5 Å². The molecule has 1 heterocycles. The topological polar surface area (TPSA) is 102 Å². The van der Waals surface area contributed by atoms with Gasteiger partial charge in [-0.2, -0.15) is 21.6 Å². The zero-order valence-electron chi connectivity index (χ0n) is 27.7. The fourth-order valence-corrected chi connectivity index (χ4v) is 6.74. The van der Waals surface area contributed by atoms with Gasteiger partial charge in [0, 0.05) is 29.7 Å². The SMILES string of the molecule is CC1(C)O[C@@H]2CC(C(=O)N(Cc3ccccc3)c3ccccc3)=C(C(=O)N(Cc3ccccc3)c3ccccc3OS(=O)(=O)C(F)(F)F)C[C@H]2O1. The Labute approximate surface area is 294 Å². The van der Waals surface area contributed by atoms with Gasteiger partial charge in [0.2, 0.25) is 0 Å². The Morgan fingerprint density at radius 1 is 0.706 bits per heavy atom. The standard InChI is InChI=1S/C38H35F3N2O7S/c1-37(2)48-33-22-29(35(44)42(28-18-10-5-11-19-28)24-26-14-6-3-7-15-26)30(23-34(33)49-37)36(45)43(25-27-16-8-4-9-17-27)31-20-12-13-21-32(31)50-51(46,47)38(39,40)41/h3-21,33-34H,22-25H2,1-2H3/t33-,34-/m1/s1. The van der Waals surface area contributed by atoms with Gasteiger partial charge in [-0.1, -0.05) is 91.0 Å². The lowest BCUT2D eigenvalue weighted by atomic mass is 9.85. The molecule has 6 rings (SSSR count). The lowest BCUT2D eigenvalue weighted by Gasteiger charge is -2.33. The van der Waals surface area contributed by atoms with Gasteiger partial charge in [-0.15, -0.1) is 0 Å². The number of fused-ring (bicyclic) bond motifs is 1. The minimum atomic E-state index is -6.10. The number of halogens is 3. The maximum atomic E-state index is 15.0. The van der Waals surface area contributed by atoms with E-state index in [1.807, 2.05) is 36.4 Å². The summed E-state index contributed by atoms with van der Waals surface area (Å²) >= 11 is 0. The average molecular weight is 721 g/mol. The Hall–Kier alpha value is -4.98. The van der Waals surface area contributed by atoms with E-state index in [1.165, 1.54) is 18.2 Å². The number of ether oxygens (including phenoxy) is 2. The zero-order valence-corrected chi connectivity index (χ0v) is 28.6. The second-order valence-corrected chi connectivity index (χ2v) is 14.2. The number of nitrogens with zero attached hydrogens (tertiary/aromatic N) is 2. The molecule has 51 heavy (non-hydrogen) atoms. The first-order valence-electron chi connectivity index (χ1n) is 16.2. The molecule has 1 fully saturated rings. The maximum Gasteiger partial charge on any atom is 0.534 e. The van der Waals surface area contributed by atoms with E-state index in [0.717, 1.165) is 16.5 Å². The van der Waals surface area contributed by atoms with Gasteiger partial charge in [0.05, 0.1) is 31.0 Å². The smallest absolute Gasteiger partial charge is 0.374 e. The van der Waals surface area contributed by atoms with Crippen LogP contribution in [0.25, 0.3) is 0 Å². The summed E-state index contributed by atoms with van der Waals surface area (Å²) < 4.78 is 81.7. The van der Waals surface area contributed by atoms with Crippen molar-refractivity contribution in [3.05, 3.63) is 138 Å². The first kappa shape index (κ1) is 35.8. The summed E-state index contributed by atoms with van der Waals surface area (Å²) in [6.07, 6.45) is -1.24. The molecule has 13 heteroatoms. The summed E-state index contributed by atoms with van der Waals surface area (Å²) in [7, 11) is -6.10. The number of carbonyl (C=O) groups excluding carboxylic acids is 2. The third-order valence-corrected chi connectivity index (χ3v) is 9.51. The molecule has 266 valence electrons. The van der Waals surface area contributed by atoms with Crippen molar-refractivity contribution < 1.29 is 44.8 Å². The highest BCUT2D eigenvalue weighted by Crippen LogP contribution is 2.42. The highest BCUT2D eigenvalue weighted by Gasteiger charge is 2.50. The van der Waals surface area contributed by atoms with Gasteiger partial charge in [-0.25, -0.2) is 0 Å². The molecule has 0 spiro atoms. The third-order valence-electron chi connectivity index (χ3n) is 8.54. The maximum absolute atomic E-state index is 15.0. The Morgan fingerprint density at radius 3 is 1.65 bits per heavy atom. The van der Waals surface area contributed by atoms with Gasteiger partial charge in [0.25, 0.3) is 11.8 Å². The first-order chi connectivity index (χ1) is 24.2. The van der Waals surface area contributed by atoms with Crippen LogP contribution in [0.15, 0.2) is 126 Å². The van der Waals surface area contributed by atoms with Crippen LogP contribution in [-0.2, 0) is 42.3 Å². The van der Waals surface area contributed by atoms with E-state index in [0.29, 0.717) is 11.3 Å². The third kappa shape index (κ3) is 8.01. The molecular formula is C38H35F3N2O7S. The van der Waals surface area contributed by atoms with Crippen LogP contribution in [-0.4, -0.2) is 43.7 Å². The summed E-state index contributed by atoms with van der Waals surface area (Å²) in [5.74, 6) is -2.93. The predicted octanol–water partition coefficient (Wildman–Crippen LogP) is 7.29. The highest BCUT2D eigenvalue weighted by molar-refractivity contribution is 7.88. The van der Waals surface area contributed by atoms with Crippen molar-refractivity contribution in [2.45, 2.75) is 63.3 Å². The van der Waals surface area contributed by atoms with Crippen molar-refractivity contribution in [3.63, 3.8) is 0 Å². The molecule has 4 aromatic rings. The number of rotatable bonds is 10. The average Bonchev–Trinajstić information content (AvgIpc) is 3.42. The number of hydrogen-bond acceptors (Lipinski definition) is 7. The minimum absolute atomic E-state index is 0.00586. The number of amides is 2. The van der Waals surface area contributed by atoms with Gasteiger partial charge in [-0.3, -0.25) is 9.59 Å². The molecule has 1 saturated heterocycles. The molecule has 1 aliphatic carbocycles. The molecule has 1 aliphatic heterocycles. The van der Waals surface area contributed by atoms with Gasteiger partial charge >= 0.3 is 15.6 Å². The molecule has 0 N–H and O–H groups in total. The second-order valence-electron chi connectivity index (χ2n) is 12.6. The van der Waals surface area contributed by atoms with E-state index in [9.17, 15) is 31.2 Å². The van der Waals surface area contributed by atoms with Crippen LogP contribution in [0.2, 0.25) is 0 Å². The summed E-state index contributed by atoms with van der Waals surface area (Å²) in [5, 5.41) is 0. The van der Waals surface area contributed by atoms with E-state index in [-0.39, 0.29) is 42.8 Å².